The number of halogens is 4. The van der Waals surface area contributed by atoms with Crippen LogP contribution in [0.3, 0.4) is 0 Å². The summed E-state index contributed by atoms with van der Waals surface area (Å²) in [5.74, 6) is -4.29. The molecule has 0 aromatic heterocycles. The van der Waals surface area contributed by atoms with Crippen LogP contribution in [0.5, 0.6) is 0 Å². The molecule has 0 aromatic carbocycles. The van der Waals surface area contributed by atoms with Gasteiger partial charge in [-0.15, -0.1) is 0 Å². The molecule has 0 amide bonds. The van der Waals surface area contributed by atoms with E-state index in [1.165, 1.54) is 0 Å². The van der Waals surface area contributed by atoms with Crippen molar-refractivity contribution in [3.8, 4) is 0 Å². The molecule has 4 aliphatic carbocycles. The van der Waals surface area contributed by atoms with Crippen LogP contribution in [0.2, 0.25) is 0 Å². The highest BCUT2D eigenvalue weighted by Gasteiger charge is 2.58. The Kier molecular flexibility index (Phi) is 5.88. The number of aliphatic hydroxyl groups is 1. The van der Waals surface area contributed by atoms with Gasteiger partial charge in [-0.05, 0) is 68.6 Å². The highest BCUT2D eigenvalue weighted by atomic mass is 32.2. The van der Waals surface area contributed by atoms with Crippen LogP contribution in [-0.2, 0) is 20.6 Å². The number of ether oxygens (including phenoxy) is 1. The molecule has 0 aliphatic heterocycles. The molecule has 0 aromatic rings. The molecule has 0 saturated heterocycles. The lowest BCUT2D eigenvalue weighted by Gasteiger charge is -2.60. The number of carbonyl (C=O) groups is 1. The van der Waals surface area contributed by atoms with Gasteiger partial charge in [-0.25, -0.2) is 0 Å². The Bertz CT molecular complexity index is 627. The topological polar surface area (TPSA) is 86.7 Å². The average molecular weight is 429 g/mol. The molecule has 0 spiro atoms. The number of unbranched alkanes of at least 4 members (excludes halogenated alkanes) is 1. The number of rotatable bonds is 9. The third-order valence-corrected chi connectivity index (χ3v) is 7.17. The number of carbonyl (C=O) groups excluding carboxylic acids is 1. The smallest absolute Gasteiger partial charge is 0.371 e. The average Bonchev–Trinajstić information content (AvgIpc) is 2.51. The van der Waals surface area contributed by atoms with Gasteiger partial charge in [0, 0.05) is 17.5 Å². The molecule has 4 bridgehead atoms. The van der Waals surface area contributed by atoms with Gasteiger partial charge >= 0.3 is 17.1 Å². The Morgan fingerprint density at radius 3 is 2.29 bits per heavy atom. The summed E-state index contributed by atoms with van der Waals surface area (Å²) in [6.07, 6.45) is 3.40. The second kappa shape index (κ2) is 7.50. The van der Waals surface area contributed by atoms with Crippen LogP contribution in [-0.4, -0.2) is 43.2 Å². The maximum atomic E-state index is 13.3. The Hall–Kier alpha value is -0.740. The first kappa shape index (κ1) is 22.0. The zero-order valence-corrected chi connectivity index (χ0v) is 16.2. The summed E-state index contributed by atoms with van der Waals surface area (Å²) in [5, 5.41) is 5.56. The summed E-state index contributed by atoms with van der Waals surface area (Å²) >= 11 is -4.21. The second-order valence-electron chi connectivity index (χ2n) is 9.00. The molecule has 28 heavy (non-hydrogen) atoms. The predicted octanol–water partition coefficient (Wildman–Crippen LogP) is 3.53. The second-order valence-corrected chi connectivity index (χ2v) is 9.98. The third-order valence-electron chi connectivity index (χ3n) is 6.45. The molecule has 3 atom stereocenters. The van der Waals surface area contributed by atoms with Gasteiger partial charge in [-0.3, -0.25) is 9.00 Å². The van der Waals surface area contributed by atoms with Crippen LogP contribution in [0.15, 0.2) is 0 Å². The van der Waals surface area contributed by atoms with Crippen LogP contribution < -0.4 is 0 Å². The SMILES string of the molecule is O=C(CC12CC3CC(CC(O)(C3)C1)C2)OCCCCC(F)(F)C(F)(F)S(=O)[O-]. The van der Waals surface area contributed by atoms with Gasteiger partial charge in [0.2, 0.25) is 0 Å². The quantitative estimate of drug-likeness (QED) is 0.262. The molecule has 4 fully saturated rings. The fourth-order valence-electron chi connectivity index (χ4n) is 5.87. The first-order chi connectivity index (χ1) is 12.9. The van der Waals surface area contributed by atoms with Gasteiger partial charge in [0.25, 0.3) is 0 Å². The first-order valence-corrected chi connectivity index (χ1v) is 10.7. The minimum Gasteiger partial charge on any atom is -0.768 e. The zero-order chi connectivity index (χ0) is 20.8. The molecule has 0 heterocycles. The van der Waals surface area contributed by atoms with Crippen LogP contribution in [0.4, 0.5) is 17.6 Å². The standard InChI is InChI=1S/C18H26F4O5S/c19-17(20,18(21,22)28(25)26)3-1-2-4-27-14(23)10-15-6-12-5-13(7-15)9-16(24,8-12)11-15/h12-13,24H,1-11H2,(H,25,26)/p-1. The molecule has 4 rings (SSSR count). The number of alkyl halides is 4. The van der Waals surface area contributed by atoms with Gasteiger partial charge in [-0.2, -0.15) is 17.6 Å². The first-order valence-electron chi connectivity index (χ1n) is 9.60. The van der Waals surface area contributed by atoms with E-state index in [0.29, 0.717) is 18.3 Å². The summed E-state index contributed by atoms with van der Waals surface area (Å²) in [5.41, 5.74) is -0.952. The number of esters is 1. The van der Waals surface area contributed by atoms with Gasteiger partial charge < -0.3 is 14.4 Å². The summed E-state index contributed by atoms with van der Waals surface area (Å²) in [6.45, 7) is -0.186. The van der Waals surface area contributed by atoms with E-state index in [-0.39, 0.29) is 24.9 Å². The van der Waals surface area contributed by atoms with Crippen LogP contribution in [0, 0.1) is 17.3 Å². The van der Waals surface area contributed by atoms with E-state index in [2.05, 4.69) is 0 Å². The summed E-state index contributed by atoms with van der Waals surface area (Å²) in [7, 11) is 0. The maximum Gasteiger partial charge on any atom is 0.371 e. The normalized spacial score (nSPS) is 35.8. The number of hydrogen-bond acceptors (Lipinski definition) is 5. The molecular weight excluding hydrogens is 404 g/mol. The molecule has 4 saturated carbocycles. The predicted molar refractivity (Wildman–Crippen MR) is 90.3 cm³/mol. The largest absolute Gasteiger partial charge is 0.768 e. The maximum absolute atomic E-state index is 13.3. The lowest BCUT2D eigenvalue weighted by atomic mass is 9.47. The molecule has 5 nitrogen and oxygen atoms in total. The van der Waals surface area contributed by atoms with E-state index in [4.69, 9.17) is 4.74 Å². The lowest BCUT2D eigenvalue weighted by molar-refractivity contribution is -0.177. The van der Waals surface area contributed by atoms with E-state index < -0.39 is 46.7 Å². The minimum absolute atomic E-state index is 0.0644. The van der Waals surface area contributed by atoms with Crippen molar-refractivity contribution in [2.24, 2.45) is 17.3 Å². The van der Waals surface area contributed by atoms with E-state index in [9.17, 15) is 36.2 Å². The van der Waals surface area contributed by atoms with Crippen molar-refractivity contribution in [1.82, 2.24) is 0 Å². The van der Waals surface area contributed by atoms with Crippen LogP contribution in [0.1, 0.15) is 64.2 Å². The molecule has 0 radical (unpaired) electrons. The molecular formula is C18H25F4O5S-. The molecule has 1 N–H and O–H groups in total. The fourth-order valence-corrected chi connectivity index (χ4v) is 6.21. The Morgan fingerprint density at radius 1 is 1.14 bits per heavy atom. The van der Waals surface area contributed by atoms with Crippen molar-refractivity contribution < 1.29 is 41.0 Å². The van der Waals surface area contributed by atoms with Crippen molar-refractivity contribution in [2.45, 2.75) is 81.0 Å². The fraction of sp³-hybridized carbons (Fsp3) is 0.944. The monoisotopic (exact) mass is 429 g/mol. The van der Waals surface area contributed by atoms with Crippen molar-refractivity contribution >= 4 is 17.0 Å². The van der Waals surface area contributed by atoms with E-state index in [0.717, 1.165) is 32.1 Å². The van der Waals surface area contributed by atoms with Gasteiger partial charge in [-0.1, -0.05) is 0 Å². The van der Waals surface area contributed by atoms with Crippen molar-refractivity contribution in [3.05, 3.63) is 0 Å². The third kappa shape index (κ3) is 4.38. The highest BCUT2D eigenvalue weighted by molar-refractivity contribution is 7.80. The van der Waals surface area contributed by atoms with Crippen molar-refractivity contribution in [3.63, 3.8) is 0 Å². The molecule has 4 aliphatic rings. The van der Waals surface area contributed by atoms with Gasteiger partial charge in [0.1, 0.15) is 0 Å². The van der Waals surface area contributed by atoms with E-state index >= 15 is 0 Å². The van der Waals surface area contributed by atoms with Crippen molar-refractivity contribution in [2.75, 3.05) is 6.61 Å². The summed E-state index contributed by atoms with van der Waals surface area (Å²) in [4.78, 5) is 12.2. The molecule has 10 heteroatoms. The molecule has 162 valence electrons. The van der Waals surface area contributed by atoms with Crippen LogP contribution >= 0.6 is 0 Å². The Morgan fingerprint density at radius 2 is 1.75 bits per heavy atom. The minimum atomic E-state index is -5.12. The molecule has 3 unspecified atom stereocenters. The summed E-state index contributed by atoms with van der Waals surface area (Å²) in [6, 6.07) is 0. The van der Waals surface area contributed by atoms with Gasteiger partial charge in [0.05, 0.1) is 18.6 Å². The zero-order valence-electron chi connectivity index (χ0n) is 15.4. The Labute approximate surface area is 163 Å². The summed E-state index contributed by atoms with van der Waals surface area (Å²) < 4.78 is 78.0. The number of hydrogen-bond donors (Lipinski definition) is 1. The highest BCUT2D eigenvalue weighted by Crippen LogP contribution is 2.62. The van der Waals surface area contributed by atoms with E-state index in [1.54, 1.807) is 0 Å². The van der Waals surface area contributed by atoms with Crippen molar-refractivity contribution in [1.29, 1.82) is 0 Å². The Balaban J connectivity index is 1.41. The van der Waals surface area contributed by atoms with E-state index in [1.807, 2.05) is 0 Å². The van der Waals surface area contributed by atoms with Crippen LogP contribution in [0.25, 0.3) is 0 Å². The van der Waals surface area contributed by atoms with Gasteiger partial charge in [0.15, 0.2) is 0 Å². The lowest BCUT2D eigenvalue weighted by Crippen LogP contribution is -2.56.